The summed E-state index contributed by atoms with van der Waals surface area (Å²) in [5.41, 5.74) is 0.499. The second kappa shape index (κ2) is 2.65. The van der Waals surface area contributed by atoms with Gasteiger partial charge >= 0.3 is 0 Å². The molecule has 0 aromatic carbocycles. The van der Waals surface area contributed by atoms with Gasteiger partial charge in [-0.2, -0.15) is 0 Å². The van der Waals surface area contributed by atoms with E-state index in [2.05, 4.69) is 42.9 Å². The van der Waals surface area contributed by atoms with Gasteiger partial charge in [0.15, 0.2) is 0 Å². The summed E-state index contributed by atoms with van der Waals surface area (Å²) in [6.07, 6.45) is 8.49. The van der Waals surface area contributed by atoms with Crippen LogP contribution in [0.15, 0.2) is 24.5 Å². The zero-order valence-corrected chi connectivity index (χ0v) is 7.96. The standard InChI is InChI=1S/C11H17N/c1-11(2)7-5-6-10(11)12-8-3-4-9-12/h3-4,8-10H,5-7H2,1-2H3. The molecule has 1 aliphatic rings. The maximum atomic E-state index is 2.38. The summed E-state index contributed by atoms with van der Waals surface area (Å²) in [5, 5.41) is 0. The van der Waals surface area contributed by atoms with Crippen LogP contribution in [0, 0.1) is 5.41 Å². The molecule has 1 atom stereocenters. The van der Waals surface area contributed by atoms with Crippen LogP contribution in [0.5, 0.6) is 0 Å². The molecule has 0 bridgehead atoms. The first-order chi connectivity index (χ1) is 5.70. The van der Waals surface area contributed by atoms with Crippen LogP contribution < -0.4 is 0 Å². The smallest absolute Gasteiger partial charge is 0.0381 e. The van der Waals surface area contributed by atoms with Crippen molar-refractivity contribution in [3.05, 3.63) is 24.5 Å². The maximum Gasteiger partial charge on any atom is 0.0381 e. The molecule has 0 radical (unpaired) electrons. The quantitative estimate of drug-likeness (QED) is 0.599. The molecule has 0 saturated heterocycles. The molecule has 2 rings (SSSR count). The Labute approximate surface area is 74.4 Å². The van der Waals surface area contributed by atoms with Crippen LogP contribution in [-0.2, 0) is 0 Å². The molecule has 1 heterocycles. The monoisotopic (exact) mass is 163 g/mol. The van der Waals surface area contributed by atoms with Crippen molar-refractivity contribution < 1.29 is 0 Å². The summed E-state index contributed by atoms with van der Waals surface area (Å²) in [6, 6.07) is 4.97. The van der Waals surface area contributed by atoms with Crippen molar-refractivity contribution in [2.24, 2.45) is 5.41 Å². The Morgan fingerprint density at radius 3 is 2.42 bits per heavy atom. The summed E-state index contributed by atoms with van der Waals surface area (Å²) >= 11 is 0. The first kappa shape index (κ1) is 7.90. The van der Waals surface area contributed by atoms with E-state index in [1.165, 1.54) is 19.3 Å². The Balaban J connectivity index is 2.25. The van der Waals surface area contributed by atoms with Gasteiger partial charge in [0.2, 0.25) is 0 Å². The highest BCUT2D eigenvalue weighted by Crippen LogP contribution is 2.45. The number of hydrogen-bond donors (Lipinski definition) is 0. The van der Waals surface area contributed by atoms with E-state index in [1.54, 1.807) is 0 Å². The molecule has 1 unspecified atom stereocenters. The van der Waals surface area contributed by atoms with Crippen molar-refractivity contribution in [3.8, 4) is 0 Å². The van der Waals surface area contributed by atoms with Gasteiger partial charge in [0, 0.05) is 18.4 Å². The molecule has 0 spiro atoms. The van der Waals surface area contributed by atoms with Gasteiger partial charge in [-0.3, -0.25) is 0 Å². The molecule has 1 saturated carbocycles. The van der Waals surface area contributed by atoms with E-state index in [-0.39, 0.29) is 0 Å². The highest BCUT2D eigenvalue weighted by atomic mass is 15.0. The predicted octanol–water partition coefficient (Wildman–Crippen LogP) is 3.24. The fraction of sp³-hybridized carbons (Fsp3) is 0.636. The van der Waals surface area contributed by atoms with Crippen LogP contribution in [0.1, 0.15) is 39.2 Å². The normalized spacial score (nSPS) is 27.7. The minimum absolute atomic E-state index is 0.499. The van der Waals surface area contributed by atoms with Crippen molar-refractivity contribution in [2.45, 2.75) is 39.2 Å². The van der Waals surface area contributed by atoms with E-state index in [1.807, 2.05) is 0 Å². The Kier molecular flexibility index (Phi) is 1.75. The minimum Gasteiger partial charge on any atom is -0.351 e. The minimum atomic E-state index is 0.499. The number of aromatic nitrogens is 1. The molecule has 1 fully saturated rings. The Morgan fingerprint density at radius 2 is 1.92 bits per heavy atom. The number of hydrogen-bond acceptors (Lipinski definition) is 0. The summed E-state index contributed by atoms with van der Waals surface area (Å²) in [4.78, 5) is 0. The van der Waals surface area contributed by atoms with Gasteiger partial charge in [-0.25, -0.2) is 0 Å². The third-order valence-electron chi connectivity index (χ3n) is 3.19. The van der Waals surface area contributed by atoms with Gasteiger partial charge in [0.25, 0.3) is 0 Å². The van der Waals surface area contributed by atoms with Gasteiger partial charge in [0.05, 0.1) is 0 Å². The third kappa shape index (κ3) is 1.17. The van der Waals surface area contributed by atoms with E-state index >= 15 is 0 Å². The zero-order chi connectivity index (χ0) is 8.60. The first-order valence-corrected chi connectivity index (χ1v) is 4.83. The van der Waals surface area contributed by atoms with Crippen LogP contribution in [0.3, 0.4) is 0 Å². The van der Waals surface area contributed by atoms with E-state index in [9.17, 15) is 0 Å². The second-order valence-corrected chi connectivity index (χ2v) is 4.53. The van der Waals surface area contributed by atoms with Crippen LogP contribution in [-0.4, -0.2) is 4.57 Å². The van der Waals surface area contributed by atoms with E-state index < -0.39 is 0 Å². The molecule has 1 heteroatoms. The number of nitrogens with zero attached hydrogens (tertiary/aromatic N) is 1. The number of rotatable bonds is 1. The lowest BCUT2D eigenvalue weighted by Gasteiger charge is -2.28. The van der Waals surface area contributed by atoms with Crippen LogP contribution in [0.25, 0.3) is 0 Å². The summed E-state index contributed by atoms with van der Waals surface area (Å²) in [6.45, 7) is 4.76. The summed E-state index contributed by atoms with van der Waals surface area (Å²) in [7, 11) is 0. The second-order valence-electron chi connectivity index (χ2n) is 4.53. The molecule has 66 valence electrons. The molecule has 1 nitrogen and oxygen atoms in total. The molecule has 0 N–H and O–H groups in total. The molecule has 0 amide bonds. The first-order valence-electron chi connectivity index (χ1n) is 4.83. The van der Waals surface area contributed by atoms with Crippen molar-refractivity contribution >= 4 is 0 Å². The molecular weight excluding hydrogens is 146 g/mol. The van der Waals surface area contributed by atoms with E-state index in [0.717, 1.165) is 6.04 Å². The third-order valence-corrected chi connectivity index (χ3v) is 3.19. The summed E-state index contributed by atoms with van der Waals surface area (Å²) < 4.78 is 2.37. The van der Waals surface area contributed by atoms with Gasteiger partial charge < -0.3 is 4.57 Å². The van der Waals surface area contributed by atoms with Gasteiger partial charge in [0.1, 0.15) is 0 Å². The highest BCUT2D eigenvalue weighted by molar-refractivity contribution is 4.98. The molecule has 1 aromatic heterocycles. The fourth-order valence-corrected chi connectivity index (χ4v) is 2.42. The van der Waals surface area contributed by atoms with E-state index in [0.29, 0.717) is 5.41 Å². The maximum absolute atomic E-state index is 2.38. The Morgan fingerprint density at radius 1 is 1.25 bits per heavy atom. The lowest BCUT2D eigenvalue weighted by atomic mass is 9.87. The average Bonchev–Trinajstić information content (AvgIpc) is 2.55. The van der Waals surface area contributed by atoms with Crippen LogP contribution >= 0.6 is 0 Å². The Hall–Kier alpha value is -0.720. The van der Waals surface area contributed by atoms with Gasteiger partial charge in [-0.15, -0.1) is 0 Å². The Bertz CT molecular complexity index is 246. The van der Waals surface area contributed by atoms with Crippen LogP contribution in [0.2, 0.25) is 0 Å². The highest BCUT2D eigenvalue weighted by Gasteiger charge is 2.34. The SMILES string of the molecule is CC1(C)CCCC1n1cccc1. The molecule has 0 aliphatic heterocycles. The van der Waals surface area contributed by atoms with Crippen LogP contribution in [0.4, 0.5) is 0 Å². The lowest BCUT2D eigenvalue weighted by Crippen LogP contribution is -2.20. The van der Waals surface area contributed by atoms with Gasteiger partial charge in [-0.1, -0.05) is 20.3 Å². The topological polar surface area (TPSA) is 4.93 Å². The van der Waals surface area contributed by atoms with Crippen molar-refractivity contribution in [3.63, 3.8) is 0 Å². The summed E-state index contributed by atoms with van der Waals surface area (Å²) in [5.74, 6) is 0. The van der Waals surface area contributed by atoms with Crippen molar-refractivity contribution in [1.82, 2.24) is 4.57 Å². The fourth-order valence-electron chi connectivity index (χ4n) is 2.42. The van der Waals surface area contributed by atoms with Crippen molar-refractivity contribution in [1.29, 1.82) is 0 Å². The predicted molar refractivity (Wildman–Crippen MR) is 51.1 cm³/mol. The zero-order valence-electron chi connectivity index (χ0n) is 7.96. The largest absolute Gasteiger partial charge is 0.351 e. The molecule has 12 heavy (non-hydrogen) atoms. The molecule has 1 aliphatic carbocycles. The lowest BCUT2D eigenvalue weighted by molar-refractivity contribution is 0.261. The molecular formula is C11H17N. The average molecular weight is 163 g/mol. The van der Waals surface area contributed by atoms with Crippen molar-refractivity contribution in [2.75, 3.05) is 0 Å². The molecule has 1 aromatic rings. The van der Waals surface area contributed by atoms with Gasteiger partial charge in [-0.05, 0) is 30.4 Å². The van der Waals surface area contributed by atoms with E-state index in [4.69, 9.17) is 0 Å².